The Bertz CT molecular complexity index is 1010. The van der Waals surface area contributed by atoms with Crippen LogP contribution in [0.4, 0.5) is 5.69 Å². The van der Waals surface area contributed by atoms with E-state index in [9.17, 15) is 4.79 Å². The molecule has 1 fully saturated rings. The number of carbonyl (C=O) groups is 1. The Morgan fingerprint density at radius 2 is 1.83 bits per heavy atom. The minimum atomic E-state index is 0.0428. The first kappa shape index (κ1) is 19.0. The van der Waals surface area contributed by atoms with Crippen molar-refractivity contribution >= 4 is 11.6 Å². The third-order valence-corrected chi connectivity index (χ3v) is 5.32. The van der Waals surface area contributed by atoms with Crippen LogP contribution in [0, 0.1) is 13.8 Å². The number of nitrogens with zero attached hydrogens (tertiary/aromatic N) is 5. The van der Waals surface area contributed by atoms with E-state index < -0.39 is 0 Å². The molecule has 7 nitrogen and oxygen atoms in total. The third-order valence-electron chi connectivity index (χ3n) is 5.32. The molecule has 0 atom stereocenters. The van der Waals surface area contributed by atoms with Crippen molar-refractivity contribution in [1.82, 2.24) is 19.7 Å². The van der Waals surface area contributed by atoms with E-state index in [4.69, 9.17) is 9.84 Å². The van der Waals surface area contributed by atoms with E-state index in [1.165, 1.54) is 0 Å². The largest absolute Gasteiger partial charge is 0.497 e. The van der Waals surface area contributed by atoms with Gasteiger partial charge in [0.05, 0.1) is 24.2 Å². The van der Waals surface area contributed by atoms with Gasteiger partial charge in [-0.3, -0.25) is 4.79 Å². The lowest BCUT2D eigenvalue weighted by atomic mass is 10.1. The number of pyridine rings is 1. The average molecular weight is 391 g/mol. The van der Waals surface area contributed by atoms with Crippen molar-refractivity contribution in [3.63, 3.8) is 0 Å². The van der Waals surface area contributed by atoms with Crippen molar-refractivity contribution in [2.75, 3.05) is 38.2 Å². The van der Waals surface area contributed by atoms with Crippen molar-refractivity contribution in [2.24, 2.45) is 0 Å². The molecule has 7 heteroatoms. The first-order valence-corrected chi connectivity index (χ1v) is 9.74. The number of rotatable bonds is 4. The normalized spacial score (nSPS) is 14.2. The van der Waals surface area contributed by atoms with E-state index >= 15 is 0 Å². The standard InChI is InChI=1S/C22H25N5O2/c1-16-21(17(2)27(24-16)20-9-4-5-10-23-20)25-11-13-26(14-12-25)22(28)18-7-6-8-19(15-18)29-3/h4-10,15H,11-14H2,1-3H3. The predicted molar refractivity (Wildman–Crippen MR) is 112 cm³/mol. The van der Waals surface area contributed by atoms with E-state index in [1.54, 1.807) is 19.4 Å². The third kappa shape index (κ3) is 3.68. The van der Waals surface area contributed by atoms with Gasteiger partial charge in [0.1, 0.15) is 5.75 Å². The molecule has 1 amide bonds. The molecule has 0 N–H and O–H groups in total. The first-order valence-electron chi connectivity index (χ1n) is 9.74. The van der Waals surface area contributed by atoms with Gasteiger partial charge < -0.3 is 14.5 Å². The highest BCUT2D eigenvalue weighted by atomic mass is 16.5. The summed E-state index contributed by atoms with van der Waals surface area (Å²) in [7, 11) is 1.61. The molecule has 0 spiro atoms. The zero-order valence-corrected chi connectivity index (χ0v) is 17.0. The minimum Gasteiger partial charge on any atom is -0.497 e. The van der Waals surface area contributed by atoms with Crippen molar-refractivity contribution in [2.45, 2.75) is 13.8 Å². The smallest absolute Gasteiger partial charge is 0.254 e. The molecule has 3 aromatic rings. The van der Waals surface area contributed by atoms with Gasteiger partial charge in [-0.2, -0.15) is 5.10 Å². The maximum Gasteiger partial charge on any atom is 0.254 e. The number of hydrogen-bond donors (Lipinski definition) is 0. The molecular weight excluding hydrogens is 366 g/mol. The fraction of sp³-hybridized carbons (Fsp3) is 0.318. The summed E-state index contributed by atoms with van der Waals surface area (Å²) in [6, 6.07) is 13.1. The maximum atomic E-state index is 12.9. The zero-order valence-electron chi connectivity index (χ0n) is 17.0. The lowest BCUT2D eigenvalue weighted by Gasteiger charge is -2.36. The number of anilines is 1. The van der Waals surface area contributed by atoms with Crippen molar-refractivity contribution in [1.29, 1.82) is 0 Å². The summed E-state index contributed by atoms with van der Waals surface area (Å²) in [6.45, 7) is 6.97. The molecule has 1 aliphatic heterocycles. The summed E-state index contributed by atoms with van der Waals surface area (Å²) in [4.78, 5) is 21.5. The summed E-state index contributed by atoms with van der Waals surface area (Å²) >= 11 is 0. The monoisotopic (exact) mass is 391 g/mol. The number of amides is 1. The Labute approximate surface area is 170 Å². The van der Waals surface area contributed by atoms with Gasteiger partial charge in [0.25, 0.3) is 5.91 Å². The Morgan fingerprint density at radius 1 is 1.03 bits per heavy atom. The van der Waals surface area contributed by atoms with Crippen LogP contribution in [0.2, 0.25) is 0 Å². The Kier molecular flexibility index (Phi) is 5.20. The van der Waals surface area contributed by atoms with Crippen molar-refractivity contribution < 1.29 is 9.53 Å². The Balaban J connectivity index is 1.49. The summed E-state index contributed by atoms with van der Waals surface area (Å²) in [5.74, 6) is 1.55. The number of methoxy groups -OCH3 is 1. The van der Waals surface area contributed by atoms with Crippen LogP contribution < -0.4 is 9.64 Å². The number of carbonyl (C=O) groups excluding carboxylic acids is 1. The second kappa shape index (κ2) is 7.95. The second-order valence-corrected chi connectivity index (χ2v) is 7.13. The van der Waals surface area contributed by atoms with E-state index in [1.807, 2.05) is 52.9 Å². The number of ether oxygens (including phenoxy) is 1. The summed E-state index contributed by atoms with van der Waals surface area (Å²) in [5.41, 5.74) is 3.83. The maximum absolute atomic E-state index is 12.9. The molecule has 150 valence electrons. The number of benzene rings is 1. The number of piperazine rings is 1. The summed E-state index contributed by atoms with van der Waals surface area (Å²) < 4.78 is 7.13. The minimum absolute atomic E-state index is 0.0428. The van der Waals surface area contributed by atoms with Gasteiger partial charge in [-0.1, -0.05) is 12.1 Å². The van der Waals surface area contributed by atoms with Crippen LogP contribution in [0.1, 0.15) is 21.7 Å². The average Bonchev–Trinajstić information content (AvgIpc) is 3.08. The van der Waals surface area contributed by atoms with Gasteiger partial charge in [-0.15, -0.1) is 0 Å². The van der Waals surface area contributed by atoms with Gasteiger partial charge in [-0.05, 0) is 44.2 Å². The second-order valence-electron chi connectivity index (χ2n) is 7.13. The van der Waals surface area contributed by atoms with Gasteiger partial charge in [0, 0.05) is 37.9 Å². The highest BCUT2D eigenvalue weighted by molar-refractivity contribution is 5.94. The fourth-order valence-corrected chi connectivity index (χ4v) is 3.87. The quantitative estimate of drug-likeness (QED) is 0.684. The molecule has 0 saturated carbocycles. The molecule has 0 aliphatic carbocycles. The summed E-state index contributed by atoms with van der Waals surface area (Å²) in [5, 5.41) is 4.69. The summed E-state index contributed by atoms with van der Waals surface area (Å²) in [6.07, 6.45) is 1.77. The molecule has 0 bridgehead atoms. The molecule has 2 aromatic heterocycles. The van der Waals surface area contributed by atoms with Gasteiger partial charge >= 0.3 is 0 Å². The van der Waals surface area contributed by atoms with E-state index in [-0.39, 0.29) is 5.91 Å². The van der Waals surface area contributed by atoms with Crippen LogP contribution in [0.15, 0.2) is 48.7 Å². The topological polar surface area (TPSA) is 63.5 Å². The van der Waals surface area contributed by atoms with Gasteiger partial charge in [-0.25, -0.2) is 9.67 Å². The molecule has 29 heavy (non-hydrogen) atoms. The molecule has 1 aromatic carbocycles. The molecular formula is C22H25N5O2. The number of aryl methyl sites for hydroxylation is 1. The van der Waals surface area contributed by atoms with Crippen LogP contribution in [-0.2, 0) is 0 Å². The van der Waals surface area contributed by atoms with Gasteiger partial charge in [0.2, 0.25) is 0 Å². The molecule has 3 heterocycles. The molecule has 0 radical (unpaired) electrons. The van der Waals surface area contributed by atoms with E-state index in [2.05, 4.69) is 16.8 Å². The van der Waals surface area contributed by atoms with Crippen LogP contribution in [0.25, 0.3) is 5.82 Å². The fourth-order valence-electron chi connectivity index (χ4n) is 3.87. The highest BCUT2D eigenvalue weighted by Crippen LogP contribution is 2.27. The predicted octanol–water partition coefficient (Wildman–Crippen LogP) is 2.86. The molecule has 4 rings (SSSR count). The van der Waals surface area contributed by atoms with Crippen LogP contribution >= 0.6 is 0 Å². The zero-order chi connectivity index (χ0) is 20.4. The number of aromatic nitrogens is 3. The lowest BCUT2D eigenvalue weighted by Crippen LogP contribution is -2.49. The van der Waals surface area contributed by atoms with Crippen molar-refractivity contribution in [3.05, 3.63) is 65.6 Å². The molecule has 0 unspecified atom stereocenters. The highest BCUT2D eigenvalue weighted by Gasteiger charge is 2.26. The SMILES string of the molecule is COc1cccc(C(=O)N2CCN(c3c(C)nn(-c4ccccn4)c3C)CC2)c1. The van der Waals surface area contributed by atoms with Crippen LogP contribution in [0.3, 0.4) is 0 Å². The number of hydrogen-bond acceptors (Lipinski definition) is 5. The lowest BCUT2D eigenvalue weighted by molar-refractivity contribution is 0.0746. The first-order chi connectivity index (χ1) is 14.1. The van der Waals surface area contributed by atoms with Crippen LogP contribution in [-0.4, -0.2) is 58.9 Å². The Morgan fingerprint density at radius 3 is 2.52 bits per heavy atom. The van der Waals surface area contributed by atoms with E-state index in [0.717, 1.165) is 36.0 Å². The molecule has 1 saturated heterocycles. The van der Waals surface area contributed by atoms with E-state index in [0.29, 0.717) is 24.4 Å². The van der Waals surface area contributed by atoms with Crippen LogP contribution in [0.5, 0.6) is 5.75 Å². The molecule has 1 aliphatic rings. The Hall–Kier alpha value is -3.35. The van der Waals surface area contributed by atoms with Gasteiger partial charge in [0.15, 0.2) is 5.82 Å². The van der Waals surface area contributed by atoms with Crippen molar-refractivity contribution in [3.8, 4) is 11.6 Å².